The summed E-state index contributed by atoms with van der Waals surface area (Å²) in [5, 5.41) is 1.14. The molecule has 0 bridgehead atoms. The SMILES string of the molecule is COc1ccc([C@@H]2c3[nH]c4ccccc4c3C[C@@H]3C(=O)N(C4CCCCC4)C(=O)N23)cc1. The molecule has 0 spiro atoms. The first-order valence-corrected chi connectivity index (χ1v) is 11.6. The van der Waals surface area contributed by atoms with Crippen molar-refractivity contribution in [3.05, 3.63) is 65.4 Å². The lowest BCUT2D eigenvalue weighted by Crippen LogP contribution is -2.44. The molecule has 1 saturated heterocycles. The van der Waals surface area contributed by atoms with Gasteiger partial charge in [0.15, 0.2) is 0 Å². The number of nitrogens with zero attached hydrogens (tertiary/aromatic N) is 2. The molecule has 0 radical (unpaired) electrons. The maximum Gasteiger partial charge on any atom is 0.328 e. The Morgan fingerprint density at radius 1 is 0.969 bits per heavy atom. The van der Waals surface area contributed by atoms with Gasteiger partial charge in [0.05, 0.1) is 7.11 Å². The molecule has 3 aliphatic rings. The van der Waals surface area contributed by atoms with Crippen molar-refractivity contribution in [1.29, 1.82) is 0 Å². The Morgan fingerprint density at radius 2 is 1.72 bits per heavy atom. The van der Waals surface area contributed by atoms with Crippen LogP contribution in [-0.2, 0) is 11.2 Å². The summed E-state index contributed by atoms with van der Waals surface area (Å²) in [6.45, 7) is 0. The number of hydrogen-bond donors (Lipinski definition) is 1. The topological polar surface area (TPSA) is 65.6 Å². The van der Waals surface area contributed by atoms with E-state index in [0.717, 1.165) is 59.2 Å². The average molecular weight is 430 g/mol. The number of nitrogens with one attached hydrogen (secondary N) is 1. The number of carbonyl (C=O) groups excluding carboxylic acids is 2. The van der Waals surface area contributed by atoms with Crippen LogP contribution in [0, 0.1) is 0 Å². The molecule has 2 fully saturated rings. The summed E-state index contributed by atoms with van der Waals surface area (Å²) in [5.41, 5.74) is 4.18. The lowest BCUT2D eigenvalue weighted by atomic mass is 9.88. The Hall–Kier alpha value is -3.28. The van der Waals surface area contributed by atoms with Crippen LogP contribution in [0.3, 0.4) is 0 Å². The molecule has 1 aromatic heterocycles. The van der Waals surface area contributed by atoms with Gasteiger partial charge in [-0.1, -0.05) is 49.6 Å². The number of aromatic amines is 1. The smallest absolute Gasteiger partial charge is 0.328 e. The Balaban J connectivity index is 1.49. The third-order valence-corrected chi connectivity index (χ3v) is 7.45. The summed E-state index contributed by atoms with van der Waals surface area (Å²) in [5.74, 6) is 0.738. The molecule has 164 valence electrons. The number of methoxy groups -OCH3 is 1. The van der Waals surface area contributed by atoms with Crippen LogP contribution >= 0.6 is 0 Å². The number of benzene rings is 2. The normalized spacial score (nSPS) is 23.5. The molecule has 6 nitrogen and oxygen atoms in total. The highest BCUT2D eigenvalue weighted by atomic mass is 16.5. The molecule has 3 aromatic rings. The van der Waals surface area contributed by atoms with E-state index in [-0.39, 0.29) is 24.0 Å². The predicted molar refractivity (Wildman–Crippen MR) is 122 cm³/mol. The third-order valence-electron chi connectivity index (χ3n) is 7.45. The minimum absolute atomic E-state index is 0.0287. The lowest BCUT2D eigenvalue weighted by Gasteiger charge is -2.36. The second-order valence-corrected chi connectivity index (χ2v) is 9.15. The highest BCUT2D eigenvalue weighted by Gasteiger charge is 2.54. The summed E-state index contributed by atoms with van der Waals surface area (Å²) in [6.07, 6.45) is 5.74. The van der Waals surface area contributed by atoms with Crippen molar-refractivity contribution >= 4 is 22.8 Å². The standard InChI is InChI=1S/C26H27N3O3/c1-32-18-13-11-16(12-14-18)24-23-20(19-9-5-6-10-21(19)27-23)15-22-25(30)28(26(31)29(22)24)17-7-3-2-4-8-17/h5-6,9-14,17,22,24,27H,2-4,7-8,15H2,1H3/t22-,24-/m1/s1. The number of ether oxygens (including phenoxy) is 1. The number of carbonyl (C=O) groups is 2. The van der Waals surface area contributed by atoms with Crippen LogP contribution in [0.5, 0.6) is 5.75 Å². The summed E-state index contributed by atoms with van der Waals surface area (Å²) >= 11 is 0. The maximum atomic E-state index is 13.8. The molecular weight excluding hydrogens is 402 g/mol. The van der Waals surface area contributed by atoms with Gasteiger partial charge in [-0.25, -0.2) is 4.79 Å². The number of para-hydroxylation sites is 1. The van der Waals surface area contributed by atoms with Crippen LogP contribution in [0.25, 0.3) is 10.9 Å². The Bertz CT molecular complexity index is 1190. The van der Waals surface area contributed by atoms with E-state index in [1.54, 1.807) is 12.0 Å². The van der Waals surface area contributed by atoms with Crippen molar-refractivity contribution in [3.63, 3.8) is 0 Å². The van der Waals surface area contributed by atoms with Gasteiger partial charge in [-0.3, -0.25) is 14.6 Å². The highest BCUT2D eigenvalue weighted by Crippen LogP contribution is 2.45. The van der Waals surface area contributed by atoms with Crippen molar-refractivity contribution in [2.45, 2.75) is 56.7 Å². The van der Waals surface area contributed by atoms with Crippen LogP contribution < -0.4 is 4.74 Å². The predicted octanol–water partition coefficient (Wildman–Crippen LogP) is 4.79. The van der Waals surface area contributed by atoms with E-state index in [1.807, 2.05) is 41.3 Å². The summed E-state index contributed by atoms with van der Waals surface area (Å²) in [6, 6.07) is 15.1. The molecule has 1 aliphatic carbocycles. The molecule has 3 heterocycles. The second-order valence-electron chi connectivity index (χ2n) is 9.15. The number of H-pyrrole nitrogens is 1. The van der Waals surface area contributed by atoms with Gasteiger partial charge in [0.1, 0.15) is 17.8 Å². The largest absolute Gasteiger partial charge is 0.497 e. The van der Waals surface area contributed by atoms with Gasteiger partial charge in [0, 0.05) is 29.1 Å². The van der Waals surface area contributed by atoms with Gasteiger partial charge in [0.2, 0.25) is 0 Å². The molecule has 2 aromatic carbocycles. The van der Waals surface area contributed by atoms with Crippen molar-refractivity contribution in [3.8, 4) is 5.75 Å². The van der Waals surface area contributed by atoms with Crippen LogP contribution in [0.1, 0.15) is 55.0 Å². The fourth-order valence-corrected chi connectivity index (χ4v) is 5.90. The van der Waals surface area contributed by atoms with E-state index in [2.05, 4.69) is 17.1 Å². The van der Waals surface area contributed by atoms with E-state index in [0.29, 0.717) is 6.42 Å². The molecule has 1 N–H and O–H groups in total. The maximum absolute atomic E-state index is 13.8. The fourth-order valence-electron chi connectivity index (χ4n) is 5.90. The lowest BCUT2D eigenvalue weighted by molar-refractivity contribution is -0.130. The van der Waals surface area contributed by atoms with Crippen LogP contribution in [-0.4, -0.2) is 45.9 Å². The number of urea groups is 1. The molecule has 0 unspecified atom stereocenters. The first-order valence-electron chi connectivity index (χ1n) is 11.6. The van der Waals surface area contributed by atoms with E-state index in [1.165, 1.54) is 6.42 Å². The van der Waals surface area contributed by atoms with Crippen molar-refractivity contribution in [2.75, 3.05) is 7.11 Å². The Labute approximate surface area is 187 Å². The van der Waals surface area contributed by atoms with Crippen LogP contribution in [0.15, 0.2) is 48.5 Å². The van der Waals surface area contributed by atoms with E-state index < -0.39 is 6.04 Å². The fraction of sp³-hybridized carbons (Fsp3) is 0.385. The number of fused-ring (bicyclic) bond motifs is 4. The third kappa shape index (κ3) is 2.78. The highest BCUT2D eigenvalue weighted by molar-refractivity contribution is 6.06. The second kappa shape index (κ2) is 7.40. The van der Waals surface area contributed by atoms with Gasteiger partial charge < -0.3 is 9.72 Å². The van der Waals surface area contributed by atoms with Crippen LogP contribution in [0.2, 0.25) is 0 Å². The van der Waals surface area contributed by atoms with Crippen molar-refractivity contribution in [1.82, 2.24) is 14.8 Å². The molecule has 6 heteroatoms. The molecule has 2 atom stereocenters. The molecular formula is C26H27N3O3. The van der Waals surface area contributed by atoms with Crippen LogP contribution in [0.4, 0.5) is 4.79 Å². The first kappa shape index (κ1) is 19.4. The number of hydrogen-bond acceptors (Lipinski definition) is 3. The van der Waals surface area contributed by atoms with Gasteiger partial charge >= 0.3 is 6.03 Å². The average Bonchev–Trinajstić information content (AvgIpc) is 3.33. The number of aromatic nitrogens is 1. The van der Waals surface area contributed by atoms with E-state index in [9.17, 15) is 9.59 Å². The monoisotopic (exact) mass is 429 g/mol. The number of imide groups is 1. The zero-order valence-electron chi connectivity index (χ0n) is 18.2. The number of rotatable bonds is 3. The first-order chi connectivity index (χ1) is 15.7. The minimum Gasteiger partial charge on any atom is -0.497 e. The van der Waals surface area contributed by atoms with Gasteiger partial charge in [-0.2, -0.15) is 0 Å². The Morgan fingerprint density at radius 3 is 2.47 bits per heavy atom. The van der Waals surface area contributed by atoms with Crippen molar-refractivity contribution < 1.29 is 14.3 Å². The quantitative estimate of drug-likeness (QED) is 0.609. The van der Waals surface area contributed by atoms with Gasteiger partial charge in [0.25, 0.3) is 5.91 Å². The minimum atomic E-state index is -0.455. The van der Waals surface area contributed by atoms with E-state index in [4.69, 9.17) is 4.74 Å². The summed E-state index contributed by atoms with van der Waals surface area (Å²) in [4.78, 5) is 34.4. The molecule has 6 rings (SSSR count). The summed E-state index contributed by atoms with van der Waals surface area (Å²) < 4.78 is 5.34. The number of amides is 3. The van der Waals surface area contributed by atoms with Gasteiger partial charge in [-0.05, 0) is 42.2 Å². The molecule has 3 amide bonds. The molecule has 1 saturated carbocycles. The van der Waals surface area contributed by atoms with Gasteiger partial charge in [-0.15, -0.1) is 0 Å². The van der Waals surface area contributed by atoms with Crippen molar-refractivity contribution in [2.24, 2.45) is 0 Å². The zero-order valence-corrected chi connectivity index (χ0v) is 18.2. The van der Waals surface area contributed by atoms with E-state index >= 15 is 0 Å². The Kier molecular flexibility index (Phi) is 4.49. The molecule has 2 aliphatic heterocycles. The molecule has 32 heavy (non-hydrogen) atoms. The zero-order chi connectivity index (χ0) is 21.8. The summed E-state index contributed by atoms with van der Waals surface area (Å²) in [7, 11) is 1.64.